The van der Waals surface area contributed by atoms with E-state index in [4.69, 9.17) is 4.18 Å². The highest BCUT2D eigenvalue weighted by molar-refractivity contribution is 9.11. The molecule has 3 rings (SSSR count). The van der Waals surface area contributed by atoms with Gasteiger partial charge in [-0.3, -0.25) is 4.98 Å². The van der Waals surface area contributed by atoms with E-state index in [0.717, 1.165) is 15.4 Å². The monoisotopic (exact) mass is 469 g/mol. The molecule has 0 bridgehead atoms. The Morgan fingerprint density at radius 1 is 1.04 bits per heavy atom. The lowest BCUT2D eigenvalue weighted by atomic mass is 10.2. The average Bonchev–Trinajstić information content (AvgIpc) is 2.53. The zero-order valence-electron chi connectivity index (χ0n) is 12.9. The summed E-state index contributed by atoms with van der Waals surface area (Å²) in [6.07, 6.45) is 1.60. The molecule has 0 amide bonds. The molecule has 0 N–H and O–H groups in total. The summed E-state index contributed by atoms with van der Waals surface area (Å²) in [6.45, 7) is 3.58. The number of benzene rings is 2. The summed E-state index contributed by atoms with van der Waals surface area (Å²) in [6, 6.07) is 10.6. The van der Waals surface area contributed by atoms with Crippen LogP contribution in [0.5, 0.6) is 5.75 Å². The van der Waals surface area contributed by atoms with Crippen molar-refractivity contribution in [2.45, 2.75) is 18.7 Å². The summed E-state index contributed by atoms with van der Waals surface area (Å²) in [4.78, 5) is 4.43. The fourth-order valence-corrected chi connectivity index (χ4v) is 5.09. The lowest BCUT2D eigenvalue weighted by Crippen LogP contribution is -2.12. The summed E-state index contributed by atoms with van der Waals surface area (Å²) >= 11 is 6.82. The number of halogens is 2. The van der Waals surface area contributed by atoms with Gasteiger partial charge < -0.3 is 4.18 Å². The summed E-state index contributed by atoms with van der Waals surface area (Å²) in [5, 5.41) is 0.770. The van der Waals surface area contributed by atoms with Gasteiger partial charge in [-0.15, -0.1) is 0 Å². The van der Waals surface area contributed by atoms with Crippen molar-refractivity contribution in [3.8, 4) is 5.75 Å². The maximum atomic E-state index is 12.8. The summed E-state index contributed by atoms with van der Waals surface area (Å²) in [5.41, 5.74) is 1.94. The Labute approximate surface area is 157 Å². The Morgan fingerprint density at radius 2 is 1.79 bits per heavy atom. The maximum absolute atomic E-state index is 12.8. The smallest absolute Gasteiger partial charge is 0.339 e. The predicted octanol–water partition coefficient (Wildman–Crippen LogP) is 5.14. The number of rotatable bonds is 3. The molecule has 0 saturated carbocycles. The van der Waals surface area contributed by atoms with Gasteiger partial charge in [0.2, 0.25) is 0 Å². The van der Waals surface area contributed by atoms with E-state index in [1.807, 2.05) is 19.1 Å². The number of fused-ring (bicyclic) bond motifs is 1. The van der Waals surface area contributed by atoms with Crippen LogP contribution >= 0.6 is 31.9 Å². The molecule has 1 aromatic heterocycles. The number of pyridine rings is 1. The van der Waals surface area contributed by atoms with Gasteiger partial charge in [-0.05, 0) is 59.1 Å². The molecular weight excluding hydrogens is 458 g/mol. The molecule has 0 atom stereocenters. The molecule has 0 aliphatic heterocycles. The minimum atomic E-state index is -3.98. The Hall–Kier alpha value is -1.44. The van der Waals surface area contributed by atoms with Crippen LogP contribution in [0.4, 0.5) is 0 Å². The first-order valence-corrected chi connectivity index (χ1v) is 10.0. The molecule has 0 aliphatic rings. The second-order valence-electron chi connectivity index (χ2n) is 5.38. The van der Waals surface area contributed by atoms with Crippen LogP contribution in [0.25, 0.3) is 10.9 Å². The SMILES string of the molecule is Cc1ccc(C)c(S(=O)(=O)Oc2c(Br)cc(Br)c3cccnc23)c1. The van der Waals surface area contributed by atoms with E-state index < -0.39 is 10.1 Å². The van der Waals surface area contributed by atoms with Gasteiger partial charge in [0.1, 0.15) is 10.4 Å². The van der Waals surface area contributed by atoms with Gasteiger partial charge >= 0.3 is 10.1 Å². The molecule has 3 aromatic rings. The van der Waals surface area contributed by atoms with E-state index >= 15 is 0 Å². The minimum absolute atomic E-state index is 0.154. The van der Waals surface area contributed by atoms with Crippen LogP contribution in [0.2, 0.25) is 0 Å². The zero-order chi connectivity index (χ0) is 17.5. The van der Waals surface area contributed by atoms with Gasteiger partial charge in [0.25, 0.3) is 0 Å². The van der Waals surface area contributed by atoms with Gasteiger partial charge in [0, 0.05) is 16.1 Å². The number of hydrogen-bond donors (Lipinski definition) is 0. The normalized spacial score (nSPS) is 11.7. The van der Waals surface area contributed by atoms with Crippen molar-refractivity contribution in [3.63, 3.8) is 0 Å². The molecule has 1 heterocycles. The molecule has 7 heteroatoms. The fourth-order valence-electron chi connectivity index (χ4n) is 2.36. The Kier molecular flexibility index (Phi) is 4.68. The van der Waals surface area contributed by atoms with Gasteiger partial charge in [0.15, 0.2) is 5.75 Å². The van der Waals surface area contributed by atoms with Crippen molar-refractivity contribution < 1.29 is 12.6 Å². The Bertz CT molecular complexity index is 1050. The molecule has 124 valence electrons. The van der Waals surface area contributed by atoms with Crippen molar-refractivity contribution in [2.75, 3.05) is 0 Å². The third kappa shape index (κ3) is 3.20. The van der Waals surface area contributed by atoms with E-state index in [-0.39, 0.29) is 10.6 Å². The van der Waals surface area contributed by atoms with Crippen LogP contribution in [0.3, 0.4) is 0 Å². The maximum Gasteiger partial charge on any atom is 0.339 e. The van der Waals surface area contributed by atoms with Crippen LogP contribution in [-0.4, -0.2) is 13.4 Å². The van der Waals surface area contributed by atoms with Crippen LogP contribution in [0.1, 0.15) is 11.1 Å². The first-order valence-electron chi connectivity index (χ1n) is 7.04. The quantitative estimate of drug-likeness (QED) is 0.497. The molecule has 0 saturated heterocycles. The number of hydrogen-bond acceptors (Lipinski definition) is 4. The summed E-state index contributed by atoms with van der Waals surface area (Å²) in [7, 11) is -3.98. The topological polar surface area (TPSA) is 56.3 Å². The van der Waals surface area contributed by atoms with Crippen LogP contribution in [0.15, 0.2) is 56.4 Å². The van der Waals surface area contributed by atoms with Gasteiger partial charge in [-0.2, -0.15) is 8.42 Å². The molecule has 0 spiro atoms. The minimum Gasteiger partial charge on any atom is -0.375 e. The average molecular weight is 471 g/mol. The lowest BCUT2D eigenvalue weighted by Gasteiger charge is -2.13. The first kappa shape index (κ1) is 17.4. The van der Waals surface area contributed by atoms with Crippen LogP contribution in [-0.2, 0) is 10.1 Å². The van der Waals surface area contributed by atoms with Crippen molar-refractivity contribution in [1.29, 1.82) is 0 Å². The summed E-state index contributed by atoms with van der Waals surface area (Å²) in [5.74, 6) is 0.176. The molecule has 4 nitrogen and oxygen atoms in total. The van der Waals surface area contributed by atoms with Crippen molar-refractivity contribution in [3.05, 3.63) is 62.7 Å². The zero-order valence-corrected chi connectivity index (χ0v) is 16.9. The third-order valence-corrected chi connectivity index (χ3v) is 6.17. The van der Waals surface area contributed by atoms with Crippen LogP contribution < -0.4 is 4.18 Å². The highest BCUT2D eigenvalue weighted by atomic mass is 79.9. The van der Waals surface area contributed by atoms with Crippen molar-refractivity contribution in [1.82, 2.24) is 4.98 Å². The lowest BCUT2D eigenvalue weighted by molar-refractivity contribution is 0.486. The number of nitrogens with zero attached hydrogens (tertiary/aromatic N) is 1. The molecular formula is C17H13Br2NO3S. The molecule has 0 fully saturated rings. The van der Waals surface area contributed by atoms with Crippen molar-refractivity contribution >= 4 is 52.9 Å². The van der Waals surface area contributed by atoms with E-state index in [1.165, 1.54) is 0 Å². The number of aryl methyl sites for hydroxylation is 2. The predicted molar refractivity (Wildman–Crippen MR) is 101 cm³/mol. The van der Waals surface area contributed by atoms with Gasteiger partial charge in [0.05, 0.1) is 4.47 Å². The fraction of sp³-hybridized carbons (Fsp3) is 0.118. The standard InChI is InChI=1S/C17H13Br2NO3S/c1-10-5-6-11(2)15(8-10)24(21,22)23-17-14(19)9-13(18)12-4-3-7-20-16(12)17/h3-9H,1-2H3. The summed E-state index contributed by atoms with van der Waals surface area (Å²) < 4.78 is 32.3. The second-order valence-corrected chi connectivity index (χ2v) is 8.60. The first-order chi connectivity index (χ1) is 11.3. The Morgan fingerprint density at radius 3 is 2.54 bits per heavy atom. The Balaban J connectivity index is 2.18. The van der Waals surface area contributed by atoms with E-state index in [0.29, 0.717) is 15.6 Å². The van der Waals surface area contributed by atoms with Crippen molar-refractivity contribution in [2.24, 2.45) is 0 Å². The van der Waals surface area contributed by atoms with Gasteiger partial charge in [-0.1, -0.05) is 34.1 Å². The highest BCUT2D eigenvalue weighted by Crippen LogP contribution is 2.38. The van der Waals surface area contributed by atoms with E-state index in [9.17, 15) is 8.42 Å². The molecule has 0 radical (unpaired) electrons. The highest BCUT2D eigenvalue weighted by Gasteiger charge is 2.23. The van der Waals surface area contributed by atoms with Gasteiger partial charge in [-0.25, -0.2) is 0 Å². The molecule has 0 aliphatic carbocycles. The van der Waals surface area contributed by atoms with E-state index in [1.54, 1.807) is 37.4 Å². The third-order valence-electron chi connectivity index (χ3n) is 3.56. The second kappa shape index (κ2) is 6.46. The molecule has 2 aromatic carbocycles. The van der Waals surface area contributed by atoms with E-state index in [2.05, 4.69) is 36.8 Å². The largest absolute Gasteiger partial charge is 0.375 e. The van der Waals surface area contributed by atoms with Crippen LogP contribution in [0, 0.1) is 13.8 Å². The molecule has 24 heavy (non-hydrogen) atoms. The number of aromatic nitrogens is 1. The molecule has 0 unspecified atom stereocenters.